The topological polar surface area (TPSA) is 56.1 Å². The fourth-order valence-corrected chi connectivity index (χ4v) is 5.52. The Morgan fingerprint density at radius 3 is 3.00 bits per heavy atom. The highest BCUT2D eigenvalue weighted by Crippen LogP contribution is 2.33. The zero-order valence-electron chi connectivity index (χ0n) is 17.5. The standard InChI is InChI=1S/C23H28ClN3O2S/c1-15(2)29-12-10-25-17-7-8-18-20(13-17)30-22-21(18)23(28)27(14-26-22)11-9-16-5-3-4-6-19(16)24/h3-6,14-15,17,25H,7-13H2,1-2H3. The van der Waals surface area contributed by atoms with Gasteiger partial charge in [0.25, 0.3) is 5.56 Å². The van der Waals surface area contributed by atoms with Crippen molar-refractivity contribution in [2.75, 3.05) is 13.2 Å². The number of rotatable bonds is 8. The van der Waals surface area contributed by atoms with Gasteiger partial charge in [-0.05, 0) is 56.7 Å². The lowest BCUT2D eigenvalue weighted by Crippen LogP contribution is -2.36. The van der Waals surface area contributed by atoms with Gasteiger partial charge in [0.1, 0.15) is 4.83 Å². The monoisotopic (exact) mass is 445 g/mol. The first kappa shape index (κ1) is 21.5. The number of nitrogens with one attached hydrogen (secondary N) is 1. The third-order valence-corrected chi connectivity index (χ3v) is 7.13. The summed E-state index contributed by atoms with van der Waals surface area (Å²) in [6.45, 7) is 6.27. The number of hydrogen-bond acceptors (Lipinski definition) is 5. The van der Waals surface area contributed by atoms with E-state index in [2.05, 4.69) is 24.1 Å². The van der Waals surface area contributed by atoms with Crippen molar-refractivity contribution < 1.29 is 4.74 Å². The Hall–Kier alpha value is -1.73. The molecule has 0 saturated carbocycles. The van der Waals surface area contributed by atoms with E-state index in [0.717, 1.165) is 53.2 Å². The summed E-state index contributed by atoms with van der Waals surface area (Å²) in [7, 11) is 0. The van der Waals surface area contributed by atoms with Gasteiger partial charge in [-0.25, -0.2) is 4.98 Å². The van der Waals surface area contributed by atoms with E-state index < -0.39 is 0 Å². The van der Waals surface area contributed by atoms with Crippen LogP contribution in [0.2, 0.25) is 5.02 Å². The van der Waals surface area contributed by atoms with Crippen LogP contribution in [-0.2, 0) is 30.5 Å². The number of hydrogen-bond donors (Lipinski definition) is 1. The van der Waals surface area contributed by atoms with Crippen LogP contribution in [0.15, 0.2) is 35.4 Å². The highest BCUT2D eigenvalue weighted by Gasteiger charge is 2.25. The largest absolute Gasteiger partial charge is 0.377 e. The van der Waals surface area contributed by atoms with Crippen molar-refractivity contribution in [1.82, 2.24) is 14.9 Å². The molecule has 5 nitrogen and oxygen atoms in total. The van der Waals surface area contributed by atoms with Gasteiger partial charge in [-0.2, -0.15) is 0 Å². The molecule has 1 unspecified atom stereocenters. The molecule has 1 atom stereocenters. The molecule has 30 heavy (non-hydrogen) atoms. The van der Waals surface area contributed by atoms with Crippen LogP contribution >= 0.6 is 22.9 Å². The maximum Gasteiger partial charge on any atom is 0.262 e. The SMILES string of the molecule is CC(C)OCCNC1CCc2c(sc3ncn(CCc4ccccc4Cl)c(=O)c23)C1. The smallest absolute Gasteiger partial charge is 0.262 e. The molecule has 0 radical (unpaired) electrons. The summed E-state index contributed by atoms with van der Waals surface area (Å²) < 4.78 is 7.35. The summed E-state index contributed by atoms with van der Waals surface area (Å²) >= 11 is 7.93. The zero-order chi connectivity index (χ0) is 21.1. The fourth-order valence-electron chi connectivity index (χ4n) is 4.03. The molecule has 3 aromatic rings. The normalized spacial score (nSPS) is 16.3. The predicted molar refractivity (Wildman–Crippen MR) is 124 cm³/mol. The highest BCUT2D eigenvalue weighted by molar-refractivity contribution is 7.18. The van der Waals surface area contributed by atoms with Crippen LogP contribution in [0, 0.1) is 0 Å². The lowest BCUT2D eigenvalue weighted by atomic mass is 9.93. The quantitative estimate of drug-likeness (QED) is 0.527. The molecule has 1 aromatic carbocycles. The van der Waals surface area contributed by atoms with Gasteiger partial charge in [0.05, 0.1) is 24.4 Å². The van der Waals surface area contributed by atoms with Gasteiger partial charge in [-0.1, -0.05) is 29.8 Å². The Morgan fingerprint density at radius 2 is 2.20 bits per heavy atom. The lowest BCUT2D eigenvalue weighted by molar-refractivity contribution is 0.0791. The van der Waals surface area contributed by atoms with E-state index >= 15 is 0 Å². The number of benzene rings is 1. The summed E-state index contributed by atoms with van der Waals surface area (Å²) in [5.41, 5.74) is 2.33. The van der Waals surface area contributed by atoms with Gasteiger partial charge < -0.3 is 10.1 Å². The van der Waals surface area contributed by atoms with Crippen molar-refractivity contribution in [1.29, 1.82) is 0 Å². The maximum absolute atomic E-state index is 13.2. The molecule has 0 saturated heterocycles. The van der Waals surface area contributed by atoms with Crippen molar-refractivity contribution in [3.05, 3.63) is 62.0 Å². The van der Waals surface area contributed by atoms with Gasteiger partial charge >= 0.3 is 0 Å². The van der Waals surface area contributed by atoms with Crippen LogP contribution in [-0.4, -0.2) is 34.8 Å². The van der Waals surface area contributed by atoms with E-state index in [1.165, 1.54) is 10.4 Å². The van der Waals surface area contributed by atoms with E-state index in [1.807, 2.05) is 24.3 Å². The molecule has 0 fully saturated rings. The predicted octanol–water partition coefficient (Wildman–Crippen LogP) is 4.23. The van der Waals surface area contributed by atoms with Crippen LogP contribution in [0.25, 0.3) is 10.2 Å². The number of fused-ring (bicyclic) bond motifs is 3. The molecule has 0 bridgehead atoms. The van der Waals surface area contributed by atoms with Crippen molar-refractivity contribution in [3.8, 4) is 0 Å². The number of halogens is 1. The number of ether oxygens (including phenoxy) is 1. The van der Waals surface area contributed by atoms with Crippen molar-refractivity contribution in [2.45, 2.75) is 58.2 Å². The third kappa shape index (κ3) is 4.78. The van der Waals surface area contributed by atoms with E-state index in [1.54, 1.807) is 22.2 Å². The third-order valence-electron chi connectivity index (χ3n) is 5.60. The minimum atomic E-state index is 0.0706. The van der Waals surface area contributed by atoms with Crippen LogP contribution in [0.4, 0.5) is 0 Å². The summed E-state index contributed by atoms with van der Waals surface area (Å²) in [4.78, 5) is 20.0. The first-order chi connectivity index (χ1) is 14.5. The number of aryl methyl sites for hydroxylation is 3. The molecule has 2 aromatic heterocycles. The van der Waals surface area contributed by atoms with Gasteiger partial charge in [0, 0.05) is 29.0 Å². The van der Waals surface area contributed by atoms with E-state index in [4.69, 9.17) is 16.3 Å². The summed E-state index contributed by atoms with van der Waals surface area (Å²) in [6.07, 6.45) is 5.57. The molecule has 2 heterocycles. The van der Waals surface area contributed by atoms with Crippen LogP contribution in [0.3, 0.4) is 0 Å². The second-order valence-corrected chi connectivity index (χ2v) is 9.57. The second kappa shape index (κ2) is 9.60. The minimum absolute atomic E-state index is 0.0706. The highest BCUT2D eigenvalue weighted by atomic mass is 35.5. The summed E-state index contributed by atoms with van der Waals surface area (Å²) in [5, 5.41) is 5.16. The average molecular weight is 446 g/mol. The number of nitrogens with zero attached hydrogens (tertiary/aromatic N) is 2. The fraction of sp³-hybridized carbons (Fsp3) is 0.478. The molecule has 1 aliphatic carbocycles. The Bertz CT molecular complexity index is 1080. The summed E-state index contributed by atoms with van der Waals surface area (Å²) in [6, 6.07) is 8.22. The Kier molecular flexibility index (Phi) is 6.88. The van der Waals surface area contributed by atoms with E-state index in [-0.39, 0.29) is 11.7 Å². The zero-order valence-corrected chi connectivity index (χ0v) is 19.1. The van der Waals surface area contributed by atoms with Gasteiger partial charge in [-0.3, -0.25) is 9.36 Å². The molecule has 4 rings (SSSR count). The molecular formula is C23H28ClN3O2S. The van der Waals surface area contributed by atoms with Crippen LogP contribution in [0.5, 0.6) is 0 Å². The van der Waals surface area contributed by atoms with Crippen molar-refractivity contribution >= 4 is 33.2 Å². The molecule has 160 valence electrons. The van der Waals surface area contributed by atoms with Crippen molar-refractivity contribution in [3.63, 3.8) is 0 Å². The molecular weight excluding hydrogens is 418 g/mol. The Labute approximate surface area is 186 Å². The van der Waals surface area contributed by atoms with E-state index in [0.29, 0.717) is 19.0 Å². The maximum atomic E-state index is 13.2. The van der Waals surface area contributed by atoms with Gasteiger partial charge in [-0.15, -0.1) is 11.3 Å². The van der Waals surface area contributed by atoms with Crippen molar-refractivity contribution in [2.24, 2.45) is 0 Å². The van der Waals surface area contributed by atoms with Gasteiger partial charge in [0.15, 0.2) is 0 Å². The molecule has 7 heteroatoms. The lowest BCUT2D eigenvalue weighted by Gasteiger charge is -2.23. The minimum Gasteiger partial charge on any atom is -0.377 e. The average Bonchev–Trinajstić information content (AvgIpc) is 3.10. The van der Waals surface area contributed by atoms with E-state index in [9.17, 15) is 4.79 Å². The van der Waals surface area contributed by atoms with Gasteiger partial charge in [0.2, 0.25) is 0 Å². The number of thiophene rings is 1. The molecule has 0 amide bonds. The first-order valence-corrected chi connectivity index (χ1v) is 11.8. The Balaban J connectivity index is 1.47. The second-order valence-electron chi connectivity index (χ2n) is 8.08. The molecule has 1 N–H and O–H groups in total. The molecule has 0 aliphatic heterocycles. The van der Waals surface area contributed by atoms with Crippen LogP contribution in [0.1, 0.15) is 36.3 Å². The van der Waals surface area contributed by atoms with Crippen LogP contribution < -0.4 is 10.9 Å². The number of aromatic nitrogens is 2. The summed E-state index contributed by atoms with van der Waals surface area (Å²) in [5.74, 6) is 0. The first-order valence-electron chi connectivity index (χ1n) is 10.6. The molecule has 1 aliphatic rings. The molecule has 0 spiro atoms. The Morgan fingerprint density at radius 1 is 1.37 bits per heavy atom.